The number of nitrogens with one attached hydrogen (secondary N) is 2. The summed E-state index contributed by atoms with van der Waals surface area (Å²) in [6, 6.07) is 10.4. The van der Waals surface area contributed by atoms with Gasteiger partial charge < -0.3 is 20.3 Å². The lowest BCUT2D eigenvalue weighted by Crippen LogP contribution is -2.35. The number of anilines is 2. The fraction of sp³-hybridized carbons (Fsp3) is 0.375. The summed E-state index contributed by atoms with van der Waals surface area (Å²) in [6.45, 7) is 5.89. The molecule has 0 spiro atoms. The molecule has 0 radical (unpaired) electrons. The molecule has 0 bridgehead atoms. The first-order valence-electron chi connectivity index (χ1n) is 10.6. The minimum Gasteiger partial charge on any atom is -0.465 e. The summed E-state index contributed by atoms with van der Waals surface area (Å²) in [5, 5.41) is 6.30. The number of ether oxygens (including phenoxy) is 1. The Balaban J connectivity index is 1.54. The molecule has 2 atom stereocenters. The van der Waals surface area contributed by atoms with E-state index in [9.17, 15) is 14.4 Å². The molecule has 1 fully saturated rings. The van der Waals surface area contributed by atoms with Crippen LogP contribution >= 0.6 is 11.6 Å². The molecule has 7 nitrogen and oxygen atoms in total. The van der Waals surface area contributed by atoms with Crippen LogP contribution < -0.4 is 10.6 Å². The number of rotatable bonds is 5. The molecule has 2 aromatic rings. The van der Waals surface area contributed by atoms with E-state index in [1.54, 1.807) is 30.0 Å². The molecule has 2 N–H and O–H groups in total. The number of hydrogen-bond acceptors (Lipinski definition) is 4. The third-order valence-electron chi connectivity index (χ3n) is 6.18. The Kier molecular flexibility index (Phi) is 5.86. The molecule has 0 aromatic heterocycles. The number of likely N-dealkylation sites (tertiary alicyclic amines) is 1. The topological polar surface area (TPSA) is 87.7 Å². The highest BCUT2D eigenvalue weighted by molar-refractivity contribution is 6.30. The molecule has 8 heteroatoms. The van der Waals surface area contributed by atoms with Crippen molar-refractivity contribution in [1.29, 1.82) is 0 Å². The first-order chi connectivity index (χ1) is 15.2. The molecule has 0 saturated carbocycles. The summed E-state index contributed by atoms with van der Waals surface area (Å²) in [7, 11) is 0. The number of halogens is 1. The largest absolute Gasteiger partial charge is 0.465 e. The SMILES string of the molecule is CCOC(=O)CN1C(=O)CC2(C)Cc3ccc(NC(=O)Nc4ccc(Cl)cc4C)cc3C12. The fourth-order valence-electron chi connectivity index (χ4n) is 4.87. The number of aryl methyl sites for hydroxylation is 1. The van der Waals surface area contributed by atoms with Gasteiger partial charge >= 0.3 is 12.0 Å². The number of nitrogens with zero attached hydrogens (tertiary/aromatic N) is 1. The fourth-order valence-corrected chi connectivity index (χ4v) is 5.09. The molecule has 1 heterocycles. The molecule has 2 unspecified atom stereocenters. The van der Waals surface area contributed by atoms with Gasteiger partial charge in [0.15, 0.2) is 0 Å². The minimum absolute atomic E-state index is 0.0504. The maximum absolute atomic E-state index is 12.7. The second-order valence-electron chi connectivity index (χ2n) is 8.69. The van der Waals surface area contributed by atoms with E-state index >= 15 is 0 Å². The maximum Gasteiger partial charge on any atom is 0.325 e. The van der Waals surface area contributed by atoms with Crippen LogP contribution in [0.15, 0.2) is 36.4 Å². The molecule has 1 aliphatic heterocycles. The van der Waals surface area contributed by atoms with Crippen LogP contribution in [0.3, 0.4) is 0 Å². The highest BCUT2D eigenvalue weighted by atomic mass is 35.5. The Morgan fingerprint density at radius 3 is 2.69 bits per heavy atom. The first kappa shape index (κ1) is 22.1. The van der Waals surface area contributed by atoms with Crippen LogP contribution in [0.1, 0.15) is 43.0 Å². The van der Waals surface area contributed by atoms with Crippen LogP contribution in [0.2, 0.25) is 5.02 Å². The van der Waals surface area contributed by atoms with Gasteiger partial charge in [-0.05, 0) is 67.3 Å². The molecule has 32 heavy (non-hydrogen) atoms. The Labute approximate surface area is 192 Å². The summed E-state index contributed by atoms with van der Waals surface area (Å²) in [4.78, 5) is 39.0. The van der Waals surface area contributed by atoms with Crippen molar-refractivity contribution in [3.05, 3.63) is 58.1 Å². The van der Waals surface area contributed by atoms with Crippen molar-refractivity contribution in [1.82, 2.24) is 4.90 Å². The number of esters is 1. The Bertz CT molecular complexity index is 1100. The number of carbonyl (C=O) groups is 3. The van der Waals surface area contributed by atoms with Crippen molar-refractivity contribution in [3.8, 4) is 0 Å². The average Bonchev–Trinajstić information content (AvgIpc) is 3.12. The van der Waals surface area contributed by atoms with Gasteiger partial charge in [0.05, 0.1) is 12.6 Å². The van der Waals surface area contributed by atoms with E-state index in [4.69, 9.17) is 16.3 Å². The van der Waals surface area contributed by atoms with Gasteiger partial charge in [-0.2, -0.15) is 0 Å². The van der Waals surface area contributed by atoms with E-state index in [0.717, 1.165) is 23.1 Å². The van der Waals surface area contributed by atoms with Gasteiger partial charge in [0.1, 0.15) is 6.54 Å². The van der Waals surface area contributed by atoms with E-state index in [1.807, 2.05) is 25.1 Å². The lowest BCUT2D eigenvalue weighted by molar-refractivity contribution is -0.148. The zero-order valence-corrected chi connectivity index (χ0v) is 19.1. The molecule has 2 aromatic carbocycles. The minimum atomic E-state index is -0.412. The van der Waals surface area contributed by atoms with E-state index < -0.39 is 5.97 Å². The monoisotopic (exact) mass is 455 g/mol. The van der Waals surface area contributed by atoms with Crippen LogP contribution in [0.5, 0.6) is 0 Å². The molecule has 168 valence electrons. The number of fused-ring (bicyclic) bond motifs is 3. The van der Waals surface area contributed by atoms with E-state index in [2.05, 4.69) is 17.6 Å². The zero-order chi connectivity index (χ0) is 23.0. The Morgan fingerprint density at radius 1 is 1.19 bits per heavy atom. The number of carbonyl (C=O) groups excluding carboxylic acids is 3. The summed E-state index contributed by atoms with van der Waals surface area (Å²) in [5.74, 6) is -0.462. The lowest BCUT2D eigenvalue weighted by atomic mass is 9.83. The third-order valence-corrected chi connectivity index (χ3v) is 6.42. The van der Waals surface area contributed by atoms with Crippen molar-refractivity contribution in [2.75, 3.05) is 23.8 Å². The smallest absolute Gasteiger partial charge is 0.325 e. The second kappa shape index (κ2) is 8.47. The van der Waals surface area contributed by atoms with Gasteiger partial charge in [0, 0.05) is 28.2 Å². The summed E-state index contributed by atoms with van der Waals surface area (Å²) >= 11 is 5.98. The second-order valence-corrected chi connectivity index (χ2v) is 9.13. The van der Waals surface area contributed by atoms with Gasteiger partial charge in [-0.3, -0.25) is 9.59 Å². The Morgan fingerprint density at radius 2 is 1.97 bits per heavy atom. The van der Waals surface area contributed by atoms with Crippen LogP contribution in [0.4, 0.5) is 16.2 Å². The standard InChI is InChI=1S/C24H26ClN3O4/c1-4-32-21(30)13-28-20(29)12-24(3)11-15-5-7-17(10-18(15)22(24)28)26-23(31)27-19-8-6-16(25)9-14(19)2/h5-10,22H,4,11-13H2,1-3H3,(H2,26,27,31). The van der Waals surface area contributed by atoms with Gasteiger partial charge in [0.2, 0.25) is 5.91 Å². The highest BCUT2D eigenvalue weighted by Crippen LogP contribution is 2.55. The predicted octanol–water partition coefficient (Wildman–Crippen LogP) is 4.69. The van der Waals surface area contributed by atoms with Crippen LogP contribution in [0.25, 0.3) is 0 Å². The first-order valence-corrected chi connectivity index (χ1v) is 11.0. The molecule has 3 amide bonds. The van der Waals surface area contributed by atoms with Crippen LogP contribution in [-0.2, 0) is 20.7 Å². The molecule has 1 aliphatic carbocycles. The summed E-state index contributed by atoms with van der Waals surface area (Å²) < 4.78 is 5.07. The van der Waals surface area contributed by atoms with Crippen molar-refractivity contribution in [3.63, 3.8) is 0 Å². The Hall–Kier alpha value is -3.06. The maximum atomic E-state index is 12.7. The lowest BCUT2D eigenvalue weighted by Gasteiger charge is -2.29. The van der Waals surface area contributed by atoms with Gasteiger partial charge in [0.25, 0.3) is 0 Å². The number of amides is 3. The van der Waals surface area contributed by atoms with Gasteiger partial charge in [-0.25, -0.2) is 4.79 Å². The predicted molar refractivity (Wildman–Crippen MR) is 123 cm³/mol. The molecular weight excluding hydrogens is 430 g/mol. The quantitative estimate of drug-likeness (QED) is 0.640. The van der Waals surface area contributed by atoms with Crippen LogP contribution in [-0.4, -0.2) is 36.0 Å². The summed E-state index contributed by atoms with van der Waals surface area (Å²) in [5.41, 5.74) is 3.95. The van der Waals surface area contributed by atoms with Crippen molar-refractivity contribution in [2.24, 2.45) is 5.41 Å². The molecule has 2 aliphatic rings. The van der Waals surface area contributed by atoms with Gasteiger partial charge in [-0.1, -0.05) is 24.6 Å². The zero-order valence-electron chi connectivity index (χ0n) is 18.3. The average molecular weight is 456 g/mol. The van der Waals surface area contributed by atoms with E-state index in [-0.39, 0.29) is 36.5 Å². The molecule has 1 saturated heterocycles. The summed E-state index contributed by atoms with van der Waals surface area (Å²) in [6.07, 6.45) is 1.12. The normalized spacial score (nSPS) is 21.2. The molecular formula is C24H26ClN3O4. The van der Waals surface area contributed by atoms with Crippen molar-refractivity contribution < 1.29 is 19.1 Å². The highest BCUT2D eigenvalue weighted by Gasteiger charge is 2.54. The number of hydrogen-bond donors (Lipinski definition) is 2. The molecule has 4 rings (SSSR count). The van der Waals surface area contributed by atoms with Crippen molar-refractivity contribution >= 4 is 40.9 Å². The van der Waals surface area contributed by atoms with E-state index in [0.29, 0.717) is 22.8 Å². The van der Waals surface area contributed by atoms with Crippen molar-refractivity contribution in [2.45, 2.75) is 39.7 Å². The van der Waals surface area contributed by atoms with Crippen LogP contribution in [0, 0.1) is 12.3 Å². The van der Waals surface area contributed by atoms with Gasteiger partial charge in [-0.15, -0.1) is 0 Å². The number of urea groups is 1. The third kappa shape index (κ3) is 4.17. The number of benzene rings is 2. The van der Waals surface area contributed by atoms with E-state index in [1.165, 1.54) is 0 Å².